The first-order valence-corrected chi connectivity index (χ1v) is 7.75. The van der Waals surface area contributed by atoms with E-state index >= 15 is 0 Å². The van der Waals surface area contributed by atoms with Crippen molar-refractivity contribution in [3.8, 4) is 0 Å². The summed E-state index contributed by atoms with van der Waals surface area (Å²) in [4.78, 5) is 2.20. The zero-order valence-corrected chi connectivity index (χ0v) is 12.4. The van der Waals surface area contributed by atoms with Gasteiger partial charge in [-0.1, -0.05) is 18.2 Å². The van der Waals surface area contributed by atoms with E-state index in [1.54, 1.807) is 18.2 Å². The van der Waals surface area contributed by atoms with Gasteiger partial charge in [0.1, 0.15) is 0 Å². The van der Waals surface area contributed by atoms with E-state index < -0.39 is 10.0 Å². The largest absolute Gasteiger partial charge is 0.392 e. The Kier molecular flexibility index (Phi) is 5.93. The van der Waals surface area contributed by atoms with Gasteiger partial charge in [0, 0.05) is 19.1 Å². The Morgan fingerprint density at radius 1 is 1.32 bits per heavy atom. The Hall–Kier alpha value is -0.950. The summed E-state index contributed by atoms with van der Waals surface area (Å²) in [7, 11) is -1.62. The molecule has 0 spiro atoms. The minimum Gasteiger partial charge on any atom is -0.392 e. The maximum atomic E-state index is 12.1. The highest BCUT2D eigenvalue weighted by Gasteiger charge is 2.17. The van der Waals surface area contributed by atoms with Gasteiger partial charge in [0.05, 0.1) is 11.5 Å². The molecule has 1 aromatic rings. The molecule has 0 unspecified atom stereocenters. The molecule has 5 nitrogen and oxygen atoms in total. The van der Waals surface area contributed by atoms with Crippen LogP contribution in [0.5, 0.6) is 0 Å². The summed E-state index contributed by atoms with van der Waals surface area (Å²) in [5.41, 5.74) is 0.409. The van der Waals surface area contributed by atoms with Crippen molar-refractivity contribution < 1.29 is 13.5 Å². The molecule has 0 aromatic heterocycles. The summed E-state index contributed by atoms with van der Waals surface area (Å²) in [6, 6.07) is 6.83. The maximum absolute atomic E-state index is 12.1. The smallest absolute Gasteiger partial charge is 0.240 e. The van der Waals surface area contributed by atoms with Crippen molar-refractivity contribution in [1.82, 2.24) is 9.62 Å². The average molecular weight is 286 g/mol. The third-order valence-electron chi connectivity index (χ3n) is 3.07. The quantitative estimate of drug-likeness (QED) is 0.778. The molecule has 6 heteroatoms. The first-order chi connectivity index (χ1) is 8.88. The van der Waals surface area contributed by atoms with Gasteiger partial charge in [-0.3, -0.25) is 0 Å². The van der Waals surface area contributed by atoms with Crippen LogP contribution in [0.15, 0.2) is 29.2 Å². The molecule has 0 amide bonds. The minimum absolute atomic E-state index is 0.143. The van der Waals surface area contributed by atoms with E-state index in [2.05, 4.69) is 23.5 Å². The van der Waals surface area contributed by atoms with Gasteiger partial charge in [-0.15, -0.1) is 0 Å². The van der Waals surface area contributed by atoms with Crippen LogP contribution in [0.1, 0.15) is 19.4 Å². The summed E-state index contributed by atoms with van der Waals surface area (Å²) in [5.74, 6) is 0. The number of aliphatic hydroxyl groups excluding tert-OH is 1. The predicted octanol–water partition coefficient (Wildman–Crippen LogP) is 0.797. The number of nitrogens with zero attached hydrogens (tertiary/aromatic N) is 1. The average Bonchev–Trinajstić information content (AvgIpc) is 2.38. The number of sulfonamides is 1. The van der Waals surface area contributed by atoms with Crippen LogP contribution in [0.25, 0.3) is 0 Å². The van der Waals surface area contributed by atoms with E-state index in [4.69, 9.17) is 5.11 Å². The summed E-state index contributed by atoms with van der Waals surface area (Å²) in [6.45, 7) is 4.79. The molecule has 1 aromatic carbocycles. The van der Waals surface area contributed by atoms with Crippen LogP contribution in [0.2, 0.25) is 0 Å². The highest BCUT2D eigenvalue weighted by molar-refractivity contribution is 7.89. The SMILES string of the molecule is CC(C)N(C)CCNS(=O)(=O)c1ccccc1CO. The third kappa shape index (κ3) is 4.58. The molecule has 19 heavy (non-hydrogen) atoms. The summed E-state index contributed by atoms with van der Waals surface area (Å²) >= 11 is 0. The molecule has 0 heterocycles. The lowest BCUT2D eigenvalue weighted by atomic mass is 10.2. The van der Waals surface area contributed by atoms with E-state index in [0.717, 1.165) is 0 Å². The topological polar surface area (TPSA) is 69.6 Å². The Morgan fingerprint density at radius 2 is 1.95 bits per heavy atom. The van der Waals surface area contributed by atoms with Gasteiger partial charge < -0.3 is 10.0 Å². The molecule has 2 N–H and O–H groups in total. The fourth-order valence-electron chi connectivity index (χ4n) is 1.59. The Bertz CT molecular complexity index is 500. The molecule has 0 aliphatic rings. The van der Waals surface area contributed by atoms with Gasteiger partial charge in [-0.2, -0.15) is 0 Å². The summed E-state index contributed by atoms with van der Waals surface area (Å²) < 4.78 is 26.8. The highest BCUT2D eigenvalue weighted by atomic mass is 32.2. The van der Waals surface area contributed by atoms with Crippen LogP contribution in [0, 0.1) is 0 Å². The number of nitrogens with one attached hydrogen (secondary N) is 1. The first-order valence-electron chi connectivity index (χ1n) is 6.27. The monoisotopic (exact) mass is 286 g/mol. The minimum atomic E-state index is -3.56. The number of benzene rings is 1. The van der Waals surface area contributed by atoms with Crippen molar-refractivity contribution in [2.24, 2.45) is 0 Å². The molecule has 1 rings (SSSR count). The predicted molar refractivity (Wildman–Crippen MR) is 75.3 cm³/mol. The Morgan fingerprint density at radius 3 is 2.53 bits per heavy atom. The standard InChI is InChI=1S/C13H22N2O3S/c1-11(2)15(3)9-8-14-19(17,18)13-7-5-4-6-12(13)10-16/h4-7,11,14,16H,8-10H2,1-3H3. The van der Waals surface area contributed by atoms with Gasteiger partial charge >= 0.3 is 0 Å². The maximum Gasteiger partial charge on any atom is 0.240 e. The number of likely N-dealkylation sites (N-methyl/N-ethyl adjacent to an activating group) is 1. The molecular formula is C13H22N2O3S. The van der Waals surface area contributed by atoms with Crippen molar-refractivity contribution in [2.45, 2.75) is 31.4 Å². The van der Waals surface area contributed by atoms with Crippen LogP contribution in [-0.4, -0.2) is 44.6 Å². The molecule has 0 atom stereocenters. The van der Waals surface area contributed by atoms with Gasteiger partial charge in [0.25, 0.3) is 0 Å². The summed E-state index contributed by atoms with van der Waals surface area (Å²) in [6.07, 6.45) is 0. The molecule has 0 fully saturated rings. The van der Waals surface area contributed by atoms with Gasteiger partial charge in [0.15, 0.2) is 0 Å². The number of rotatable bonds is 7. The Balaban J connectivity index is 2.71. The third-order valence-corrected chi connectivity index (χ3v) is 4.63. The molecule has 108 valence electrons. The van der Waals surface area contributed by atoms with Crippen molar-refractivity contribution >= 4 is 10.0 Å². The van der Waals surface area contributed by atoms with Crippen molar-refractivity contribution in [3.05, 3.63) is 29.8 Å². The van der Waals surface area contributed by atoms with Crippen LogP contribution in [0.3, 0.4) is 0 Å². The molecule has 0 saturated carbocycles. The van der Waals surface area contributed by atoms with E-state index in [1.807, 2.05) is 7.05 Å². The molecule has 0 aliphatic heterocycles. The molecular weight excluding hydrogens is 264 g/mol. The van der Waals surface area contributed by atoms with Gasteiger partial charge in [-0.05, 0) is 32.5 Å². The number of hydrogen-bond acceptors (Lipinski definition) is 4. The van der Waals surface area contributed by atoms with Gasteiger partial charge in [-0.25, -0.2) is 13.1 Å². The second kappa shape index (κ2) is 7.00. The molecule has 0 bridgehead atoms. The second-order valence-corrected chi connectivity index (χ2v) is 6.47. The Labute approximate surface area is 115 Å². The lowest BCUT2D eigenvalue weighted by Crippen LogP contribution is -2.36. The zero-order chi connectivity index (χ0) is 14.5. The van der Waals surface area contributed by atoms with Crippen LogP contribution in [-0.2, 0) is 16.6 Å². The van der Waals surface area contributed by atoms with Crippen LogP contribution >= 0.6 is 0 Å². The number of aliphatic hydroxyl groups is 1. The van der Waals surface area contributed by atoms with Crippen LogP contribution < -0.4 is 4.72 Å². The fraction of sp³-hybridized carbons (Fsp3) is 0.538. The lowest BCUT2D eigenvalue weighted by Gasteiger charge is -2.21. The summed E-state index contributed by atoms with van der Waals surface area (Å²) in [5, 5.41) is 9.17. The lowest BCUT2D eigenvalue weighted by molar-refractivity contribution is 0.277. The molecule has 0 saturated heterocycles. The van der Waals surface area contributed by atoms with Crippen molar-refractivity contribution in [1.29, 1.82) is 0 Å². The number of hydrogen-bond donors (Lipinski definition) is 2. The highest BCUT2D eigenvalue weighted by Crippen LogP contribution is 2.14. The normalized spacial score (nSPS) is 12.3. The van der Waals surface area contributed by atoms with Crippen molar-refractivity contribution in [2.75, 3.05) is 20.1 Å². The first kappa shape index (κ1) is 16.1. The molecule has 0 aliphatic carbocycles. The van der Waals surface area contributed by atoms with E-state index in [0.29, 0.717) is 24.7 Å². The zero-order valence-electron chi connectivity index (χ0n) is 11.6. The van der Waals surface area contributed by atoms with Gasteiger partial charge in [0.2, 0.25) is 10.0 Å². The van der Waals surface area contributed by atoms with Crippen molar-refractivity contribution in [3.63, 3.8) is 0 Å². The van der Waals surface area contributed by atoms with E-state index in [-0.39, 0.29) is 11.5 Å². The molecule has 0 radical (unpaired) electrons. The van der Waals surface area contributed by atoms with Crippen LogP contribution in [0.4, 0.5) is 0 Å². The second-order valence-electron chi connectivity index (χ2n) is 4.74. The van der Waals surface area contributed by atoms with E-state index in [1.165, 1.54) is 6.07 Å². The van der Waals surface area contributed by atoms with E-state index in [9.17, 15) is 8.42 Å². The fourth-order valence-corrected chi connectivity index (χ4v) is 2.84.